The van der Waals surface area contributed by atoms with Crippen LogP contribution < -0.4 is 0 Å². The topological polar surface area (TPSA) is 157 Å². The van der Waals surface area contributed by atoms with Gasteiger partial charge in [0.2, 0.25) is 5.79 Å². The molecule has 198 valence electrons. The van der Waals surface area contributed by atoms with Gasteiger partial charge in [-0.1, -0.05) is 30.4 Å². The maximum Gasteiger partial charge on any atom is 0.215 e. The Balaban J connectivity index is 2.12. The van der Waals surface area contributed by atoms with Gasteiger partial charge in [-0.05, 0) is 47.6 Å². The maximum atomic E-state index is 13.6. The van der Waals surface area contributed by atoms with Crippen molar-refractivity contribution < 1.29 is 39.9 Å². The Morgan fingerprint density at radius 1 is 1.08 bits per heavy atom. The van der Waals surface area contributed by atoms with Gasteiger partial charge in [0, 0.05) is 23.5 Å². The summed E-state index contributed by atoms with van der Waals surface area (Å²) in [4.78, 5) is 31.3. The van der Waals surface area contributed by atoms with E-state index in [1.165, 1.54) is 39.8 Å². The van der Waals surface area contributed by atoms with E-state index in [-0.39, 0.29) is 28.9 Å². The minimum Gasteiger partial charge on any atom is -0.511 e. The molecule has 5 N–H and O–H groups in total. The van der Waals surface area contributed by atoms with Gasteiger partial charge in [0.1, 0.15) is 22.9 Å². The van der Waals surface area contributed by atoms with Crippen molar-refractivity contribution in [2.45, 2.75) is 71.0 Å². The molecule has 0 aromatic carbocycles. The van der Waals surface area contributed by atoms with Gasteiger partial charge >= 0.3 is 0 Å². The van der Waals surface area contributed by atoms with Crippen LogP contribution in [-0.4, -0.2) is 65.8 Å². The summed E-state index contributed by atoms with van der Waals surface area (Å²) in [7, 11) is 0. The van der Waals surface area contributed by atoms with Crippen LogP contribution in [0.2, 0.25) is 0 Å². The molecule has 1 fully saturated rings. The predicted octanol–water partition coefficient (Wildman–Crippen LogP) is 3.38. The molecule has 9 nitrogen and oxygen atoms in total. The Hall–Kier alpha value is -3.27. The average Bonchev–Trinajstić information content (AvgIpc) is 3.02. The molecule has 0 aromatic heterocycles. The molecule has 4 rings (SSSR count). The number of allylic oxidation sites excluding steroid dienone is 6. The minimum atomic E-state index is -2.69. The first-order valence-electron chi connectivity index (χ1n) is 12.2. The van der Waals surface area contributed by atoms with Crippen molar-refractivity contribution in [3.05, 3.63) is 70.5 Å². The second kappa shape index (κ2) is 8.37. The first-order chi connectivity index (χ1) is 17.1. The van der Waals surface area contributed by atoms with E-state index < -0.39 is 63.2 Å². The van der Waals surface area contributed by atoms with E-state index in [4.69, 9.17) is 4.74 Å². The maximum absolute atomic E-state index is 13.6. The molecule has 0 radical (unpaired) electrons. The highest BCUT2D eigenvalue weighted by atomic mass is 16.7. The van der Waals surface area contributed by atoms with E-state index >= 15 is 0 Å². The summed E-state index contributed by atoms with van der Waals surface area (Å²) in [6, 6.07) is -0.631. The molecule has 37 heavy (non-hydrogen) atoms. The van der Waals surface area contributed by atoms with Crippen LogP contribution in [0.4, 0.5) is 0 Å². The van der Waals surface area contributed by atoms with Gasteiger partial charge in [0.15, 0.2) is 17.2 Å². The lowest BCUT2D eigenvalue weighted by atomic mass is 9.53. The number of ether oxygens (including phenoxy) is 1. The van der Waals surface area contributed by atoms with E-state index in [1.807, 2.05) is 0 Å². The molecule has 0 spiro atoms. The largest absolute Gasteiger partial charge is 0.511 e. The molecule has 0 bridgehead atoms. The SMILES string of the molecule is CC=CC=CC(O)=C1C(O)=C(C)C(=O)C2(C)OC3(O)C(C)(O)C4=NC(C=CC)CC(=O)C4=C(O)C3(C)C12. The fourth-order valence-electron chi connectivity index (χ4n) is 6.36. The van der Waals surface area contributed by atoms with E-state index in [0.29, 0.717) is 0 Å². The molecule has 0 aromatic rings. The number of aliphatic hydroxyl groups is 5. The second-order valence-corrected chi connectivity index (χ2v) is 10.5. The van der Waals surface area contributed by atoms with Crippen molar-refractivity contribution >= 4 is 17.3 Å². The summed E-state index contributed by atoms with van der Waals surface area (Å²) < 4.78 is 6.07. The third-order valence-electron chi connectivity index (χ3n) is 8.19. The number of aliphatic hydroxyl groups excluding tert-OH is 3. The van der Waals surface area contributed by atoms with E-state index in [1.54, 1.807) is 38.2 Å². The highest BCUT2D eigenvalue weighted by Gasteiger charge is 2.81. The monoisotopic (exact) mass is 511 g/mol. The Kier molecular flexibility index (Phi) is 6.06. The summed E-state index contributed by atoms with van der Waals surface area (Å²) >= 11 is 0. The van der Waals surface area contributed by atoms with E-state index in [9.17, 15) is 35.1 Å². The number of aliphatic imine (C=N–C) groups is 1. The molecule has 9 heteroatoms. The predicted molar refractivity (Wildman–Crippen MR) is 136 cm³/mol. The van der Waals surface area contributed by atoms with Gasteiger partial charge < -0.3 is 30.3 Å². The summed E-state index contributed by atoms with van der Waals surface area (Å²) in [6.45, 7) is 8.79. The fraction of sp³-hybridized carbons (Fsp3) is 0.464. The van der Waals surface area contributed by atoms with E-state index in [0.717, 1.165) is 0 Å². The quantitative estimate of drug-likeness (QED) is 0.219. The van der Waals surface area contributed by atoms with Gasteiger partial charge in [-0.3, -0.25) is 14.6 Å². The summed E-state index contributed by atoms with van der Waals surface area (Å²) in [5, 5.41) is 57.8. The lowest BCUT2D eigenvalue weighted by Crippen LogP contribution is -2.70. The summed E-state index contributed by atoms with van der Waals surface area (Å²) in [5.41, 5.74) is -7.21. The normalized spacial score (nSPS) is 41.6. The zero-order valence-corrected chi connectivity index (χ0v) is 21.7. The highest BCUT2D eigenvalue weighted by molar-refractivity contribution is 6.28. The van der Waals surface area contributed by atoms with Crippen LogP contribution in [0, 0.1) is 11.3 Å². The Morgan fingerprint density at radius 3 is 2.32 bits per heavy atom. The van der Waals surface area contributed by atoms with Crippen molar-refractivity contribution in [1.29, 1.82) is 0 Å². The Labute approximate surface area is 215 Å². The van der Waals surface area contributed by atoms with Crippen molar-refractivity contribution in [2.24, 2.45) is 16.3 Å². The second-order valence-electron chi connectivity index (χ2n) is 10.5. The number of hydrogen-bond donors (Lipinski definition) is 5. The molecule has 6 atom stereocenters. The van der Waals surface area contributed by atoms with Crippen molar-refractivity contribution in [1.82, 2.24) is 0 Å². The average molecular weight is 512 g/mol. The molecular formula is C28H33NO8. The number of nitrogens with zero attached hydrogens (tertiary/aromatic N) is 1. The molecule has 2 aliphatic carbocycles. The third-order valence-corrected chi connectivity index (χ3v) is 8.19. The molecule has 2 heterocycles. The molecule has 0 amide bonds. The molecule has 6 unspecified atom stereocenters. The first kappa shape index (κ1) is 26.8. The number of hydrogen-bond acceptors (Lipinski definition) is 9. The van der Waals surface area contributed by atoms with Gasteiger partial charge in [0.25, 0.3) is 0 Å². The Morgan fingerprint density at radius 2 is 1.73 bits per heavy atom. The van der Waals surface area contributed by atoms with Gasteiger partial charge in [-0.2, -0.15) is 0 Å². The van der Waals surface area contributed by atoms with Crippen molar-refractivity contribution in [3.63, 3.8) is 0 Å². The molecule has 4 aliphatic rings. The number of ketones is 2. The van der Waals surface area contributed by atoms with Gasteiger partial charge in [-0.25, -0.2) is 0 Å². The molecular weight excluding hydrogens is 478 g/mol. The molecule has 1 saturated heterocycles. The molecule has 0 saturated carbocycles. The zero-order chi connectivity index (χ0) is 27.7. The first-order valence-corrected chi connectivity index (χ1v) is 12.2. The number of fused-ring (bicyclic) bond motifs is 4. The molecule has 2 aliphatic heterocycles. The highest BCUT2D eigenvalue weighted by Crippen LogP contribution is 2.68. The lowest BCUT2D eigenvalue weighted by Gasteiger charge is -2.52. The number of Topliss-reactive ketones (excluding diaryl/α,β-unsaturated/α-hetero) is 2. The van der Waals surface area contributed by atoms with E-state index in [2.05, 4.69) is 4.99 Å². The summed E-state index contributed by atoms with van der Waals surface area (Å²) in [6.07, 6.45) is 9.43. The smallest absolute Gasteiger partial charge is 0.215 e. The van der Waals surface area contributed by atoms with Crippen LogP contribution in [0.3, 0.4) is 0 Å². The number of carbonyl (C=O) groups is 2. The van der Waals surface area contributed by atoms with Gasteiger partial charge in [-0.15, -0.1) is 0 Å². The van der Waals surface area contributed by atoms with Crippen molar-refractivity contribution in [2.75, 3.05) is 0 Å². The Bertz CT molecular complexity index is 1310. The van der Waals surface area contributed by atoms with Crippen LogP contribution in [0.1, 0.15) is 48.0 Å². The van der Waals surface area contributed by atoms with Crippen LogP contribution in [0.25, 0.3) is 0 Å². The minimum absolute atomic E-state index is 0.0795. The van der Waals surface area contributed by atoms with Crippen LogP contribution in [0.15, 0.2) is 75.4 Å². The number of rotatable bonds is 3. The lowest BCUT2D eigenvalue weighted by molar-refractivity contribution is -0.308. The van der Waals surface area contributed by atoms with Gasteiger partial charge in [0.05, 0.1) is 22.7 Å². The van der Waals surface area contributed by atoms with Crippen LogP contribution in [0.5, 0.6) is 0 Å². The van der Waals surface area contributed by atoms with Crippen molar-refractivity contribution in [3.8, 4) is 0 Å². The third kappa shape index (κ3) is 3.17. The summed E-state index contributed by atoms with van der Waals surface area (Å²) in [5.74, 6) is -6.92. The van der Waals surface area contributed by atoms with Crippen LogP contribution >= 0.6 is 0 Å². The fourth-order valence-corrected chi connectivity index (χ4v) is 6.36. The number of carbonyl (C=O) groups excluding carboxylic acids is 2. The van der Waals surface area contributed by atoms with Crippen LogP contribution in [-0.2, 0) is 14.3 Å². The standard InChI is InChI=1S/C28H33NO8/c1-7-9-10-12-16(30)18-20(32)14(3)23(33)26(5)21(18)25(4)24(34)19-17(31)13-15(11-8-2)29-22(19)27(6,35)28(25,36)37-26/h7-12,15,21,30,32,34-36H,13H2,1-6H3. The zero-order valence-electron chi connectivity index (χ0n) is 21.7.